The monoisotopic (exact) mass is 154 g/mol. The molecule has 0 radical (unpaired) electrons. The summed E-state index contributed by atoms with van der Waals surface area (Å²) in [6, 6.07) is 0.230. The van der Waals surface area contributed by atoms with Crippen molar-refractivity contribution < 1.29 is 0 Å². The molecule has 1 aliphatic carbocycles. The molecular formula is C9H18N2. The molecule has 1 saturated carbocycles. The van der Waals surface area contributed by atoms with Crippen LogP contribution in [-0.2, 0) is 0 Å². The molecular weight excluding hydrogens is 136 g/mol. The first-order valence-electron chi connectivity index (χ1n) is 4.36. The Morgan fingerprint density at radius 3 is 2.73 bits per heavy atom. The minimum atomic E-state index is 0.230. The zero-order valence-electron chi connectivity index (χ0n) is 7.16. The van der Waals surface area contributed by atoms with Gasteiger partial charge in [-0.05, 0) is 24.7 Å². The molecule has 3 atom stereocenters. The first kappa shape index (κ1) is 8.75. The summed E-state index contributed by atoms with van der Waals surface area (Å²) < 4.78 is 0. The van der Waals surface area contributed by atoms with Crippen molar-refractivity contribution in [2.24, 2.45) is 23.3 Å². The van der Waals surface area contributed by atoms with Crippen LogP contribution < -0.4 is 11.5 Å². The largest absolute Gasteiger partial charge is 0.327 e. The van der Waals surface area contributed by atoms with Crippen LogP contribution in [0.4, 0.5) is 0 Å². The van der Waals surface area contributed by atoms with E-state index in [-0.39, 0.29) is 6.04 Å². The molecule has 0 aliphatic heterocycles. The highest BCUT2D eigenvalue weighted by Gasteiger charge is 2.32. The Balaban J connectivity index is 2.11. The maximum atomic E-state index is 5.82. The molecule has 2 heteroatoms. The second-order valence-electron chi connectivity index (χ2n) is 3.54. The van der Waals surface area contributed by atoms with Gasteiger partial charge in [0.2, 0.25) is 0 Å². The van der Waals surface area contributed by atoms with Crippen LogP contribution >= 0.6 is 0 Å². The summed E-state index contributed by atoms with van der Waals surface area (Å²) in [5, 5.41) is 0. The zero-order valence-corrected chi connectivity index (χ0v) is 7.16. The average molecular weight is 154 g/mol. The van der Waals surface area contributed by atoms with Crippen molar-refractivity contribution in [2.45, 2.75) is 25.8 Å². The fraction of sp³-hybridized carbons (Fsp3) is 0.778. The van der Waals surface area contributed by atoms with Gasteiger partial charge in [-0.1, -0.05) is 19.1 Å². The van der Waals surface area contributed by atoms with Gasteiger partial charge in [0.25, 0.3) is 0 Å². The first-order valence-corrected chi connectivity index (χ1v) is 4.36. The smallest absolute Gasteiger partial charge is 0.0226 e. The van der Waals surface area contributed by atoms with Crippen LogP contribution in [0.25, 0.3) is 0 Å². The van der Waals surface area contributed by atoms with E-state index in [2.05, 4.69) is 6.92 Å². The van der Waals surface area contributed by atoms with E-state index in [1.54, 1.807) is 0 Å². The Morgan fingerprint density at radius 1 is 1.64 bits per heavy atom. The molecule has 11 heavy (non-hydrogen) atoms. The summed E-state index contributed by atoms with van der Waals surface area (Å²) in [4.78, 5) is 0. The van der Waals surface area contributed by atoms with Crippen molar-refractivity contribution in [3.63, 3.8) is 0 Å². The second-order valence-corrected chi connectivity index (χ2v) is 3.54. The fourth-order valence-electron chi connectivity index (χ4n) is 1.41. The molecule has 1 aliphatic rings. The number of hydrogen-bond donors (Lipinski definition) is 2. The van der Waals surface area contributed by atoms with Crippen LogP contribution in [0.15, 0.2) is 12.2 Å². The quantitative estimate of drug-likeness (QED) is 0.590. The Kier molecular flexibility index (Phi) is 3.09. The summed E-state index contributed by atoms with van der Waals surface area (Å²) in [5.74, 6) is 1.79. The van der Waals surface area contributed by atoms with E-state index >= 15 is 0 Å². The van der Waals surface area contributed by atoms with Crippen molar-refractivity contribution in [1.29, 1.82) is 0 Å². The molecule has 0 aromatic carbocycles. The highest BCUT2D eigenvalue weighted by atomic mass is 14.6. The SMILES string of the molecule is CC1CC1CC(N)/C=C\CN. The Bertz CT molecular complexity index is 142. The molecule has 4 N–H and O–H groups in total. The van der Waals surface area contributed by atoms with Crippen molar-refractivity contribution in [3.05, 3.63) is 12.2 Å². The Labute approximate surface area is 68.6 Å². The first-order chi connectivity index (χ1) is 5.24. The van der Waals surface area contributed by atoms with Gasteiger partial charge in [-0.3, -0.25) is 0 Å². The zero-order chi connectivity index (χ0) is 8.27. The van der Waals surface area contributed by atoms with Gasteiger partial charge < -0.3 is 11.5 Å². The van der Waals surface area contributed by atoms with Crippen molar-refractivity contribution in [3.8, 4) is 0 Å². The van der Waals surface area contributed by atoms with E-state index in [1.165, 1.54) is 6.42 Å². The van der Waals surface area contributed by atoms with Crippen molar-refractivity contribution in [2.75, 3.05) is 6.54 Å². The van der Waals surface area contributed by atoms with Crippen LogP contribution in [0, 0.1) is 11.8 Å². The topological polar surface area (TPSA) is 52.0 Å². The van der Waals surface area contributed by atoms with Crippen LogP contribution in [-0.4, -0.2) is 12.6 Å². The summed E-state index contributed by atoms with van der Waals surface area (Å²) in [5.41, 5.74) is 11.1. The third-order valence-corrected chi connectivity index (χ3v) is 2.37. The van der Waals surface area contributed by atoms with Gasteiger partial charge in [-0.25, -0.2) is 0 Å². The third kappa shape index (κ3) is 3.04. The lowest BCUT2D eigenvalue weighted by molar-refractivity contribution is 0.617. The summed E-state index contributed by atoms with van der Waals surface area (Å²) in [6.07, 6.45) is 6.46. The Hall–Kier alpha value is -0.340. The minimum absolute atomic E-state index is 0.230. The van der Waals surface area contributed by atoms with E-state index < -0.39 is 0 Å². The molecule has 1 fully saturated rings. The van der Waals surface area contributed by atoms with Gasteiger partial charge in [-0.15, -0.1) is 0 Å². The van der Waals surface area contributed by atoms with Gasteiger partial charge in [0.05, 0.1) is 0 Å². The minimum Gasteiger partial charge on any atom is -0.327 e. The van der Waals surface area contributed by atoms with Crippen LogP contribution in [0.5, 0.6) is 0 Å². The normalized spacial score (nSPS) is 32.6. The van der Waals surface area contributed by atoms with Crippen LogP contribution in [0.3, 0.4) is 0 Å². The van der Waals surface area contributed by atoms with Gasteiger partial charge >= 0.3 is 0 Å². The lowest BCUT2D eigenvalue weighted by Crippen LogP contribution is -2.18. The van der Waals surface area contributed by atoms with E-state index in [1.807, 2.05) is 12.2 Å². The number of nitrogens with two attached hydrogens (primary N) is 2. The molecule has 2 nitrogen and oxygen atoms in total. The predicted molar refractivity (Wildman–Crippen MR) is 48.1 cm³/mol. The predicted octanol–water partition coefficient (Wildman–Crippen LogP) is 0.875. The molecule has 0 saturated heterocycles. The van der Waals surface area contributed by atoms with Gasteiger partial charge in [-0.2, -0.15) is 0 Å². The molecule has 3 unspecified atom stereocenters. The van der Waals surface area contributed by atoms with Gasteiger partial charge in [0, 0.05) is 12.6 Å². The van der Waals surface area contributed by atoms with Crippen molar-refractivity contribution >= 4 is 0 Å². The number of rotatable bonds is 4. The molecule has 0 spiro atoms. The molecule has 0 heterocycles. The standard InChI is InChI=1S/C9H18N2/c1-7-5-8(7)6-9(11)3-2-4-10/h2-3,7-9H,4-6,10-11H2,1H3/b3-2-. The van der Waals surface area contributed by atoms with Crippen LogP contribution in [0.2, 0.25) is 0 Å². The highest BCUT2D eigenvalue weighted by molar-refractivity contribution is 4.96. The highest BCUT2D eigenvalue weighted by Crippen LogP contribution is 2.40. The molecule has 64 valence electrons. The van der Waals surface area contributed by atoms with Crippen LogP contribution in [0.1, 0.15) is 19.8 Å². The van der Waals surface area contributed by atoms with E-state index in [0.29, 0.717) is 6.54 Å². The Morgan fingerprint density at radius 2 is 2.27 bits per heavy atom. The lowest BCUT2D eigenvalue weighted by Gasteiger charge is -2.03. The molecule has 0 bridgehead atoms. The van der Waals surface area contributed by atoms with Gasteiger partial charge in [0.15, 0.2) is 0 Å². The fourth-order valence-corrected chi connectivity index (χ4v) is 1.41. The number of hydrogen-bond acceptors (Lipinski definition) is 2. The van der Waals surface area contributed by atoms with Gasteiger partial charge in [0.1, 0.15) is 0 Å². The maximum Gasteiger partial charge on any atom is 0.0226 e. The summed E-state index contributed by atoms with van der Waals surface area (Å²) >= 11 is 0. The molecule has 0 aromatic rings. The summed E-state index contributed by atoms with van der Waals surface area (Å²) in [7, 11) is 0. The van der Waals surface area contributed by atoms with E-state index in [9.17, 15) is 0 Å². The van der Waals surface area contributed by atoms with E-state index in [0.717, 1.165) is 18.3 Å². The maximum absolute atomic E-state index is 5.82. The van der Waals surface area contributed by atoms with Crippen molar-refractivity contribution in [1.82, 2.24) is 0 Å². The third-order valence-electron chi connectivity index (χ3n) is 2.37. The van der Waals surface area contributed by atoms with E-state index in [4.69, 9.17) is 11.5 Å². The lowest BCUT2D eigenvalue weighted by atomic mass is 10.1. The molecule has 1 rings (SSSR count). The molecule has 0 aromatic heterocycles. The summed E-state index contributed by atoms with van der Waals surface area (Å²) in [6.45, 7) is 2.89. The molecule has 0 amide bonds. The average Bonchev–Trinajstić information content (AvgIpc) is 2.62. The second kappa shape index (κ2) is 3.88.